The van der Waals surface area contributed by atoms with E-state index < -0.39 is 0 Å². The summed E-state index contributed by atoms with van der Waals surface area (Å²) in [7, 11) is 0. The standard InChI is InChI=1S/C15H24N2O2/c1-3-11(4-2)9-13(17-16)12-5-6-14-15(10-12)19-8-7-18-14/h5-6,10-11,13,17H,3-4,7-9,16H2,1-2H3. The monoisotopic (exact) mass is 264 g/mol. The summed E-state index contributed by atoms with van der Waals surface area (Å²) >= 11 is 0. The van der Waals surface area contributed by atoms with Crippen molar-refractivity contribution in [3.63, 3.8) is 0 Å². The number of ether oxygens (including phenoxy) is 2. The highest BCUT2D eigenvalue weighted by Crippen LogP contribution is 2.34. The summed E-state index contributed by atoms with van der Waals surface area (Å²) in [5.74, 6) is 8.06. The van der Waals surface area contributed by atoms with E-state index in [4.69, 9.17) is 15.3 Å². The smallest absolute Gasteiger partial charge is 0.161 e. The third-order valence-electron chi connectivity index (χ3n) is 3.89. The minimum Gasteiger partial charge on any atom is -0.486 e. The SMILES string of the molecule is CCC(CC)CC(NN)c1ccc2c(c1)OCCO2. The molecule has 0 aliphatic carbocycles. The van der Waals surface area contributed by atoms with E-state index in [9.17, 15) is 0 Å². The molecule has 0 amide bonds. The number of hydrogen-bond acceptors (Lipinski definition) is 4. The summed E-state index contributed by atoms with van der Waals surface area (Å²) < 4.78 is 11.2. The van der Waals surface area contributed by atoms with Gasteiger partial charge in [-0.2, -0.15) is 0 Å². The zero-order chi connectivity index (χ0) is 13.7. The molecule has 0 spiro atoms. The minimum absolute atomic E-state index is 0.167. The average molecular weight is 264 g/mol. The van der Waals surface area contributed by atoms with Gasteiger partial charge in [-0.15, -0.1) is 0 Å². The number of nitrogens with two attached hydrogens (primary N) is 1. The quantitative estimate of drug-likeness (QED) is 0.613. The first-order valence-electron chi connectivity index (χ1n) is 7.14. The van der Waals surface area contributed by atoms with Crippen LogP contribution in [0, 0.1) is 5.92 Å². The van der Waals surface area contributed by atoms with Gasteiger partial charge in [0.25, 0.3) is 0 Å². The highest BCUT2D eigenvalue weighted by molar-refractivity contribution is 5.44. The molecule has 1 unspecified atom stereocenters. The summed E-state index contributed by atoms with van der Waals surface area (Å²) in [5.41, 5.74) is 4.09. The van der Waals surface area contributed by atoms with Gasteiger partial charge in [-0.1, -0.05) is 32.8 Å². The lowest BCUT2D eigenvalue weighted by Crippen LogP contribution is -2.29. The summed E-state index contributed by atoms with van der Waals surface area (Å²) in [6.07, 6.45) is 3.40. The molecule has 1 atom stereocenters. The Labute approximate surface area is 115 Å². The molecule has 1 aliphatic heterocycles. The van der Waals surface area contributed by atoms with Crippen LogP contribution in [0.2, 0.25) is 0 Å². The molecule has 3 N–H and O–H groups in total. The van der Waals surface area contributed by atoms with Gasteiger partial charge in [0, 0.05) is 6.04 Å². The number of fused-ring (bicyclic) bond motifs is 1. The lowest BCUT2D eigenvalue weighted by Gasteiger charge is -2.24. The van der Waals surface area contributed by atoms with Gasteiger partial charge in [0.05, 0.1) is 0 Å². The molecule has 0 saturated heterocycles. The van der Waals surface area contributed by atoms with E-state index in [0.29, 0.717) is 19.1 Å². The fourth-order valence-corrected chi connectivity index (χ4v) is 2.53. The van der Waals surface area contributed by atoms with Crippen LogP contribution in [-0.2, 0) is 0 Å². The number of hydrazine groups is 1. The molecule has 4 nitrogen and oxygen atoms in total. The Morgan fingerprint density at radius 3 is 2.47 bits per heavy atom. The Balaban J connectivity index is 2.14. The maximum absolute atomic E-state index is 5.72. The second-order valence-corrected chi connectivity index (χ2v) is 5.04. The number of hydrogen-bond donors (Lipinski definition) is 2. The van der Waals surface area contributed by atoms with Crippen molar-refractivity contribution in [2.45, 2.75) is 39.2 Å². The molecule has 0 fully saturated rings. The molecular weight excluding hydrogens is 240 g/mol. The molecular formula is C15H24N2O2. The summed E-state index contributed by atoms with van der Waals surface area (Å²) in [6, 6.07) is 6.25. The molecule has 0 saturated carbocycles. The summed E-state index contributed by atoms with van der Waals surface area (Å²) in [5, 5.41) is 0. The van der Waals surface area contributed by atoms with E-state index in [1.165, 1.54) is 18.4 Å². The van der Waals surface area contributed by atoms with E-state index in [0.717, 1.165) is 17.9 Å². The number of nitrogens with one attached hydrogen (secondary N) is 1. The maximum atomic E-state index is 5.72. The normalized spacial score (nSPS) is 15.6. The van der Waals surface area contributed by atoms with Crippen LogP contribution in [0.15, 0.2) is 18.2 Å². The maximum Gasteiger partial charge on any atom is 0.161 e. The molecule has 1 heterocycles. The third kappa shape index (κ3) is 3.39. The topological polar surface area (TPSA) is 56.5 Å². The fraction of sp³-hybridized carbons (Fsp3) is 0.600. The second kappa shape index (κ2) is 6.78. The molecule has 4 heteroatoms. The summed E-state index contributed by atoms with van der Waals surface area (Å²) in [6.45, 7) is 5.69. The number of benzene rings is 1. The molecule has 106 valence electrons. The second-order valence-electron chi connectivity index (χ2n) is 5.04. The average Bonchev–Trinajstić information content (AvgIpc) is 2.48. The van der Waals surface area contributed by atoms with E-state index in [-0.39, 0.29) is 6.04 Å². The van der Waals surface area contributed by atoms with Gasteiger partial charge in [-0.3, -0.25) is 11.3 Å². The van der Waals surface area contributed by atoms with Crippen LogP contribution >= 0.6 is 0 Å². The lowest BCUT2D eigenvalue weighted by atomic mass is 9.91. The van der Waals surface area contributed by atoms with Gasteiger partial charge in [0.2, 0.25) is 0 Å². The zero-order valence-electron chi connectivity index (χ0n) is 11.8. The van der Waals surface area contributed by atoms with Gasteiger partial charge in [0.1, 0.15) is 13.2 Å². The van der Waals surface area contributed by atoms with Gasteiger partial charge in [-0.25, -0.2) is 0 Å². The van der Waals surface area contributed by atoms with Crippen molar-refractivity contribution in [1.29, 1.82) is 0 Å². The van der Waals surface area contributed by atoms with Crippen LogP contribution in [0.1, 0.15) is 44.7 Å². The minimum atomic E-state index is 0.167. The van der Waals surface area contributed by atoms with Gasteiger partial charge in [0.15, 0.2) is 11.5 Å². The Morgan fingerprint density at radius 2 is 1.84 bits per heavy atom. The van der Waals surface area contributed by atoms with E-state index in [2.05, 4.69) is 25.3 Å². The van der Waals surface area contributed by atoms with Crippen molar-refractivity contribution in [3.8, 4) is 11.5 Å². The van der Waals surface area contributed by atoms with Gasteiger partial charge in [-0.05, 0) is 30.0 Å². The van der Waals surface area contributed by atoms with Crippen LogP contribution in [0.3, 0.4) is 0 Å². The van der Waals surface area contributed by atoms with Crippen molar-refractivity contribution in [3.05, 3.63) is 23.8 Å². The Hall–Kier alpha value is -1.26. The van der Waals surface area contributed by atoms with Gasteiger partial charge >= 0.3 is 0 Å². The Kier molecular flexibility index (Phi) is 5.05. The van der Waals surface area contributed by atoms with Gasteiger partial charge < -0.3 is 9.47 Å². The van der Waals surface area contributed by atoms with E-state index in [1.807, 2.05) is 12.1 Å². The first kappa shape index (κ1) is 14.2. The molecule has 1 aromatic carbocycles. The molecule has 0 bridgehead atoms. The predicted octanol–water partition coefficient (Wildman–Crippen LogP) is 2.79. The predicted molar refractivity (Wildman–Crippen MR) is 76.2 cm³/mol. The van der Waals surface area contributed by atoms with Crippen molar-refractivity contribution in [2.24, 2.45) is 11.8 Å². The van der Waals surface area contributed by atoms with E-state index >= 15 is 0 Å². The Morgan fingerprint density at radius 1 is 1.16 bits per heavy atom. The Bertz CT molecular complexity index is 405. The molecule has 19 heavy (non-hydrogen) atoms. The van der Waals surface area contributed by atoms with Crippen LogP contribution < -0.4 is 20.7 Å². The largest absolute Gasteiger partial charge is 0.486 e. The molecule has 2 rings (SSSR count). The third-order valence-corrected chi connectivity index (χ3v) is 3.89. The van der Waals surface area contributed by atoms with Crippen LogP contribution in [0.4, 0.5) is 0 Å². The summed E-state index contributed by atoms with van der Waals surface area (Å²) in [4.78, 5) is 0. The first-order valence-corrected chi connectivity index (χ1v) is 7.14. The fourth-order valence-electron chi connectivity index (χ4n) is 2.53. The molecule has 0 radical (unpaired) electrons. The number of rotatable bonds is 6. The zero-order valence-corrected chi connectivity index (χ0v) is 11.8. The van der Waals surface area contributed by atoms with Crippen LogP contribution in [0.25, 0.3) is 0 Å². The van der Waals surface area contributed by atoms with Crippen LogP contribution in [0.5, 0.6) is 11.5 Å². The van der Waals surface area contributed by atoms with Crippen molar-refractivity contribution in [2.75, 3.05) is 13.2 Å². The molecule has 1 aliphatic rings. The first-order chi connectivity index (χ1) is 9.28. The molecule has 1 aromatic rings. The van der Waals surface area contributed by atoms with Crippen molar-refractivity contribution in [1.82, 2.24) is 5.43 Å². The van der Waals surface area contributed by atoms with E-state index in [1.54, 1.807) is 0 Å². The lowest BCUT2D eigenvalue weighted by molar-refractivity contribution is 0.171. The highest BCUT2D eigenvalue weighted by atomic mass is 16.6. The van der Waals surface area contributed by atoms with Crippen molar-refractivity contribution < 1.29 is 9.47 Å². The molecule has 0 aromatic heterocycles. The highest BCUT2D eigenvalue weighted by Gasteiger charge is 2.18. The van der Waals surface area contributed by atoms with Crippen LogP contribution in [-0.4, -0.2) is 13.2 Å². The van der Waals surface area contributed by atoms with Crippen molar-refractivity contribution >= 4 is 0 Å².